The summed E-state index contributed by atoms with van der Waals surface area (Å²) in [5.41, 5.74) is 9.81. The Bertz CT molecular complexity index is 746. The average Bonchev–Trinajstić information content (AvgIpc) is 2.77. The maximum Gasteiger partial charge on any atom is 0.161 e. The third kappa shape index (κ3) is 2.06. The van der Waals surface area contributed by atoms with Gasteiger partial charge in [-0.3, -0.25) is 4.98 Å². The van der Waals surface area contributed by atoms with Crippen LogP contribution in [0.25, 0.3) is 22.4 Å². The smallest absolute Gasteiger partial charge is 0.161 e. The Labute approximate surface area is 117 Å². The predicted molar refractivity (Wildman–Crippen MR) is 79.2 cm³/mol. The van der Waals surface area contributed by atoms with Crippen molar-refractivity contribution in [3.8, 4) is 11.4 Å². The average molecular weight is 267 g/mol. The zero-order valence-electron chi connectivity index (χ0n) is 11.7. The van der Waals surface area contributed by atoms with Gasteiger partial charge in [0.15, 0.2) is 5.82 Å². The quantitative estimate of drug-likeness (QED) is 0.786. The standard InChI is InChI=1S/C15H17N5/c1-10-13-12(3-6-16)9-20(2)15(13)19-14(18-10)11-4-7-17-8-5-11/h4-5,7-9H,3,6,16H2,1-2H3. The summed E-state index contributed by atoms with van der Waals surface area (Å²) in [6, 6.07) is 3.84. The molecule has 0 saturated carbocycles. The van der Waals surface area contributed by atoms with Crippen LogP contribution in [-0.4, -0.2) is 26.1 Å². The van der Waals surface area contributed by atoms with E-state index in [1.54, 1.807) is 12.4 Å². The van der Waals surface area contributed by atoms with Crippen LogP contribution in [0.3, 0.4) is 0 Å². The van der Waals surface area contributed by atoms with E-state index in [-0.39, 0.29) is 0 Å². The molecule has 0 saturated heterocycles. The highest BCUT2D eigenvalue weighted by Crippen LogP contribution is 2.25. The van der Waals surface area contributed by atoms with E-state index in [1.165, 1.54) is 5.56 Å². The van der Waals surface area contributed by atoms with E-state index in [0.717, 1.165) is 34.5 Å². The molecule has 3 heterocycles. The SMILES string of the molecule is Cc1nc(-c2ccncc2)nc2c1c(CCN)cn2C. The lowest BCUT2D eigenvalue weighted by Crippen LogP contribution is -2.02. The minimum atomic E-state index is 0.630. The van der Waals surface area contributed by atoms with Crippen LogP contribution in [0.1, 0.15) is 11.3 Å². The summed E-state index contributed by atoms with van der Waals surface area (Å²) in [6.07, 6.45) is 6.44. The lowest BCUT2D eigenvalue weighted by atomic mass is 10.1. The first-order chi connectivity index (χ1) is 9.70. The van der Waals surface area contributed by atoms with Gasteiger partial charge < -0.3 is 10.3 Å². The Morgan fingerprint density at radius 1 is 1.20 bits per heavy atom. The summed E-state index contributed by atoms with van der Waals surface area (Å²) in [7, 11) is 2.01. The number of fused-ring (bicyclic) bond motifs is 1. The molecule has 0 unspecified atom stereocenters. The van der Waals surface area contributed by atoms with Crippen LogP contribution in [-0.2, 0) is 13.5 Å². The lowest BCUT2D eigenvalue weighted by Gasteiger charge is -2.05. The molecule has 5 nitrogen and oxygen atoms in total. The van der Waals surface area contributed by atoms with Gasteiger partial charge in [0, 0.05) is 36.6 Å². The van der Waals surface area contributed by atoms with Gasteiger partial charge >= 0.3 is 0 Å². The molecule has 0 aliphatic rings. The van der Waals surface area contributed by atoms with E-state index >= 15 is 0 Å². The first-order valence-electron chi connectivity index (χ1n) is 6.63. The molecule has 2 N–H and O–H groups in total. The molecule has 0 spiro atoms. The summed E-state index contributed by atoms with van der Waals surface area (Å²) in [5, 5.41) is 1.12. The molecule has 0 aliphatic carbocycles. The number of nitrogens with two attached hydrogens (primary N) is 1. The minimum absolute atomic E-state index is 0.630. The first-order valence-corrected chi connectivity index (χ1v) is 6.63. The summed E-state index contributed by atoms with van der Waals surface area (Å²) < 4.78 is 2.04. The summed E-state index contributed by atoms with van der Waals surface area (Å²) in [5.74, 6) is 0.734. The van der Waals surface area contributed by atoms with Crippen LogP contribution in [0.2, 0.25) is 0 Å². The van der Waals surface area contributed by atoms with Crippen molar-refractivity contribution in [2.75, 3.05) is 6.54 Å². The van der Waals surface area contributed by atoms with Crippen molar-refractivity contribution in [3.63, 3.8) is 0 Å². The van der Waals surface area contributed by atoms with Gasteiger partial charge in [0.05, 0.1) is 5.69 Å². The number of nitrogens with zero attached hydrogens (tertiary/aromatic N) is 4. The van der Waals surface area contributed by atoms with Gasteiger partial charge in [0.1, 0.15) is 5.65 Å². The normalized spacial score (nSPS) is 11.2. The molecule has 0 atom stereocenters. The predicted octanol–water partition coefficient (Wildman–Crippen LogP) is 1.84. The van der Waals surface area contributed by atoms with Crippen LogP contribution in [0.5, 0.6) is 0 Å². The Morgan fingerprint density at radius 2 is 1.95 bits per heavy atom. The Morgan fingerprint density at radius 3 is 2.65 bits per heavy atom. The second-order valence-corrected chi connectivity index (χ2v) is 4.87. The third-order valence-electron chi connectivity index (χ3n) is 3.43. The zero-order valence-corrected chi connectivity index (χ0v) is 11.7. The molecule has 0 aromatic carbocycles. The number of hydrogen-bond donors (Lipinski definition) is 1. The van der Waals surface area contributed by atoms with Crippen LogP contribution >= 0.6 is 0 Å². The number of aryl methyl sites for hydroxylation is 2. The number of aromatic nitrogens is 4. The fraction of sp³-hybridized carbons (Fsp3) is 0.267. The van der Waals surface area contributed by atoms with Crippen molar-refractivity contribution >= 4 is 11.0 Å². The second-order valence-electron chi connectivity index (χ2n) is 4.87. The molecule has 20 heavy (non-hydrogen) atoms. The van der Waals surface area contributed by atoms with Crippen molar-refractivity contribution in [3.05, 3.63) is 42.0 Å². The summed E-state index contributed by atoms with van der Waals surface area (Å²) in [4.78, 5) is 13.4. The van der Waals surface area contributed by atoms with Gasteiger partial charge in [-0.05, 0) is 37.6 Å². The molecule has 0 amide bonds. The molecule has 3 aromatic rings. The lowest BCUT2D eigenvalue weighted by molar-refractivity contribution is 0.918. The first kappa shape index (κ1) is 12.7. The molecule has 102 valence electrons. The Hall–Kier alpha value is -2.27. The fourth-order valence-electron chi connectivity index (χ4n) is 2.52. The summed E-state index contributed by atoms with van der Waals surface area (Å²) >= 11 is 0. The molecule has 3 aromatic heterocycles. The van der Waals surface area contributed by atoms with Crippen LogP contribution in [0, 0.1) is 6.92 Å². The molecule has 3 rings (SSSR count). The molecule has 0 aliphatic heterocycles. The van der Waals surface area contributed by atoms with Gasteiger partial charge in [0.25, 0.3) is 0 Å². The number of rotatable bonds is 3. The molecule has 0 fully saturated rings. The zero-order chi connectivity index (χ0) is 14.1. The van der Waals surface area contributed by atoms with Crippen molar-refractivity contribution in [2.45, 2.75) is 13.3 Å². The number of pyridine rings is 1. The Balaban J connectivity index is 2.22. The van der Waals surface area contributed by atoms with Crippen LogP contribution < -0.4 is 5.73 Å². The van der Waals surface area contributed by atoms with Crippen LogP contribution in [0.4, 0.5) is 0 Å². The van der Waals surface area contributed by atoms with Gasteiger partial charge in [0.2, 0.25) is 0 Å². The van der Waals surface area contributed by atoms with Crippen molar-refractivity contribution < 1.29 is 0 Å². The second kappa shape index (κ2) is 5.02. The maximum absolute atomic E-state index is 5.67. The number of hydrogen-bond acceptors (Lipinski definition) is 4. The van der Waals surface area contributed by atoms with E-state index in [4.69, 9.17) is 10.7 Å². The van der Waals surface area contributed by atoms with Crippen LogP contribution in [0.15, 0.2) is 30.7 Å². The van der Waals surface area contributed by atoms with Crippen molar-refractivity contribution in [1.82, 2.24) is 19.5 Å². The molecular formula is C15H17N5. The van der Waals surface area contributed by atoms with Gasteiger partial charge in [-0.2, -0.15) is 0 Å². The molecular weight excluding hydrogens is 250 g/mol. The van der Waals surface area contributed by atoms with E-state index in [2.05, 4.69) is 16.2 Å². The van der Waals surface area contributed by atoms with Gasteiger partial charge in [-0.15, -0.1) is 0 Å². The van der Waals surface area contributed by atoms with Crippen molar-refractivity contribution in [2.24, 2.45) is 12.8 Å². The Kier molecular flexibility index (Phi) is 3.20. The van der Waals surface area contributed by atoms with E-state index < -0.39 is 0 Å². The summed E-state index contributed by atoms with van der Waals surface area (Å²) in [6.45, 7) is 2.65. The third-order valence-corrected chi connectivity index (χ3v) is 3.43. The van der Waals surface area contributed by atoms with E-state index in [9.17, 15) is 0 Å². The van der Waals surface area contributed by atoms with E-state index in [0.29, 0.717) is 6.54 Å². The highest BCUT2D eigenvalue weighted by Gasteiger charge is 2.13. The highest BCUT2D eigenvalue weighted by molar-refractivity contribution is 5.84. The van der Waals surface area contributed by atoms with Gasteiger partial charge in [-0.1, -0.05) is 0 Å². The molecule has 0 radical (unpaired) electrons. The highest BCUT2D eigenvalue weighted by atomic mass is 15.0. The maximum atomic E-state index is 5.67. The largest absolute Gasteiger partial charge is 0.335 e. The minimum Gasteiger partial charge on any atom is -0.335 e. The molecule has 0 bridgehead atoms. The molecule has 5 heteroatoms. The van der Waals surface area contributed by atoms with Crippen molar-refractivity contribution in [1.29, 1.82) is 0 Å². The topological polar surface area (TPSA) is 69.6 Å². The van der Waals surface area contributed by atoms with E-state index in [1.807, 2.05) is 30.7 Å². The fourth-order valence-corrected chi connectivity index (χ4v) is 2.52. The van der Waals surface area contributed by atoms with Gasteiger partial charge in [-0.25, -0.2) is 9.97 Å². The monoisotopic (exact) mass is 267 g/mol.